The molecule has 0 heterocycles. The highest BCUT2D eigenvalue weighted by atomic mass is 14.4. The van der Waals surface area contributed by atoms with Crippen molar-refractivity contribution in [3.05, 3.63) is 253 Å². The van der Waals surface area contributed by atoms with Crippen LogP contribution in [0.2, 0.25) is 0 Å². The molecule has 2 aliphatic carbocycles. The first-order chi connectivity index (χ1) is 33.2. The number of fused-ring (bicyclic) bond motifs is 8. The fourth-order valence-electron chi connectivity index (χ4n) is 12.0. The first-order valence-corrected chi connectivity index (χ1v) is 24.1. The molecule has 0 aromatic heterocycles. The molecule has 0 aliphatic heterocycles. The zero-order chi connectivity index (χ0) is 45.7. The third-order valence-corrected chi connectivity index (χ3v) is 15.4. The van der Waals surface area contributed by atoms with Gasteiger partial charge in [-0.3, -0.25) is 0 Å². The smallest absolute Gasteiger partial charge is 0.0159 e. The van der Waals surface area contributed by atoms with Crippen LogP contribution in [0.3, 0.4) is 0 Å². The molecule has 0 nitrogen and oxygen atoms in total. The summed E-state index contributed by atoms with van der Waals surface area (Å²) in [6, 6.07) is 86.7. The summed E-state index contributed by atoms with van der Waals surface area (Å²) in [7, 11) is 0. The minimum Gasteiger partial charge on any atom is -0.0622 e. The summed E-state index contributed by atoms with van der Waals surface area (Å²) in [4.78, 5) is 0. The Kier molecular flexibility index (Phi) is 9.02. The van der Waals surface area contributed by atoms with Crippen LogP contribution >= 0.6 is 0 Å². The summed E-state index contributed by atoms with van der Waals surface area (Å²) in [6.45, 7) is 9.65. The molecule has 0 heteroatoms. The lowest BCUT2D eigenvalue weighted by atomic mass is 9.77. The van der Waals surface area contributed by atoms with Gasteiger partial charge in [-0.05, 0) is 193 Å². The Morgan fingerprint density at radius 2 is 0.471 bits per heavy atom. The molecule has 0 saturated carbocycles. The van der Waals surface area contributed by atoms with Crippen LogP contribution in [0.25, 0.3) is 111 Å². The summed E-state index contributed by atoms with van der Waals surface area (Å²) < 4.78 is 0. The van der Waals surface area contributed by atoms with Crippen LogP contribution in [-0.4, -0.2) is 0 Å². The van der Waals surface area contributed by atoms with E-state index in [4.69, 9.17) is 0 Å². The Hall–Kier alpha value is -8.06. The minimum atomic E-state index is -0.192. The largest absolute Gasteiger partial charge is 0.0622 e. The van der Waals surface area contributed by atoms with Crippen LogP contribution in [0.5, 0.6) is 0 Å². The average molecular weight is 867 g/mol. The summed E-state index contributed by atoms with van der Waals surface area (Å²) in [5.74, 6) is 0. The Morgan fingerprint density at radius 3 is 0.794 bits per heavy atom. The van der Waals surface area contributed by atoms with Crippen molar-refractivity contribution in [1.82, 2.24) is 0 Å². The SMILES string of the molecule is CC1(C)c2ccccc2-c2cc3c(-c4cc(-c5ccccc5)cc(-c5ccccc5)c4)c4cc5c(cc4c(-c4cc(-c6ccccc6)cc(-c6ccccc6)c4)c3cc21)C(C)(C)c1ccccc1-5. The van der Waals surface area contributed by atoms with Crippen LogP contribution in [0.15, 0.2) is 231 Å². The van der Waals surface area contributed by atoms with Crippen molar-refractivity contribution < 1.29 is 0 Å². The third kappa shape index (κ3) is 6.21. The van der Waals surface area contributed by atoms with E-state index in [1.807, 2.05) is 0 Å². The Labute approximate surface area is 399 Å². The summed E-state index contributed by atoms with van der Waals surface area (Å²) >= 11 is 0. The fraction of sp³-hybridized carbons (Fsp3) is 0.0882. The first kappa shape index (κ1) is 40.2. The van der Waals surface area contributed by atoms with Crippen molar-refractivity contribution >= 4 is 21.5 Å². The molecule has 11 aromatic rings. The number of rotatable bonds is 6. The highest BCUT2D eigenvalue weighted by Crippen LogP contribution is 2.57. The number of benzene rings is 11. The van der Waals surface area contributed by atoms with Gasteiger partial charge in [0.2, 0.25) is 0 Å². The molecule has 322 valence electrons. The molecule has 0 atom stereocenters. The molecule has 0 amide bonds. The predicted molar refractivity (Wildman–Crippen MR) is 289 cm³/mol. The van der Waals surface area contributed by atoms with E-state index >= 15 is 0 Å². The predicted octanol–water partition coefficient (Wildman–Crippen LogP) is 18.6. The maximum atomic E-state index is 2.59. The van der Waals surface area contributed by atoms with E-state index in [2.05, 4.69) is 258 Å². The van der Waals surface area contributed by atoms with E-state index in [0.717, 1.165) is 0 Å². The molecule has 0 unspecified atom stereocenters. The molecule has 0 N–H and O–H groups in total. The van der Waals surface area contributed by atoms with Gasteiger partial charge in [-0.1, -0.05) is 198 Å². The Bertz CT molecular complexity index is 3560. The van der Waals surface area contributed by atoms with Crippen LogP contribution in [0, 0.1) is 0 Å². The molecule has 11 aromatic carbocycles. The number of hydrogen-bond acceptors (Lipinski definition) is 0. The van der Waals surface area contributed by atoms with Crippen LogP contribution in [0.4, 0.5) is 0 Å². The van der Waals surface area contributed by atoms with E-state index in [-0.39, 0.29) is 10.8 Å². The highest BCUT2D eigenvalue weighted by molar-refractivity contribution is 6.24. The van der Waals surface area contributed by atoms with Crippen LogP contribution in [0.1, 0.15) is 49.9 Å². The molecule has 0 bridgehead atoms. The minimum absolute atomic E-state index is 0.192. The lowest BCUT2D eigenvalue weighted by Crippen LogP contribution is -2.15. The van der Waals surface area contributed by atoms with E-state index in [1.165, 1.54) is 133 Å². The normalized spacial score (nSPS) is 13.8. The molecule has 68 heavy (non-hydrogen) atoms. The van der Waals surface area contributed by atoms with Crippen molar-refractivity contribution in [2.75, 3.05) is 0 Å². The van der Waals surface area contributed by atoms with Gasteiger partial charge in [-0.2, -0.15) is 0 Å². The maximum Gasteiger partial charge on any atom is 0.0159 e. The standard InChI is InChI=1S/C68H50/c1-67(2)61-31-19-17-29-53(61)55-39-57-59(41-63(55)67)66(52-37-49(45-25-13-7-14-26-45)34-50(38-52)46-27-15-8-16-28-46)60-42-64-56(54-30-18-20-32-62(54)68(64,3)4)40-58(60)65(57)51-35-47(43-21-9-5-10-22-43)33-48(36-51)44-23-11-6-12-24-44/h5-42H,1-4H3. The zero-order valence-electron chi connectivity index (χ0n) is 38.9. The van der Waals surface area contributed by atoms with Gasteiger partial charge in [-0.25, -0.2) is 0 Å². The first-order valence-electron chi connectivity index (χ1n) is 24.1. The van der Waals surface area contributed by atoms with Gasteiger partial charge in [0.25, 0.3) is 0 Å². The second-order valence-corrected chi connectivity index (χ2v) is 20.0. The number of hydrogen-bond donors (Lipinski definition) is 0. The maximum absolute atomic E-state index is 2.59. The molecule has 0 fully saturated rings. The highest BCUT2D eigenvalue weighted by Gasteiger charge is 2.38. The quantitative estimate of drug-likeness (QED) is 0.146. The lowest BCUT2D eigenvalue weighted by Gasteiger charge is -2.26. The van der Waals surface area contributed by atoms with E-state index in [0.29, 0.717) is 0 Å². The van der Waals surface area contributed by atoms with E-state index in [1.54, 1.807) is 0 Å². The summed E-state index contributed by atoms with van der Waals surface area (Å²) in [6.07, 6.45) is 0. The molecule has 13 rings (SSSR count). The molecule has 0 radical (unpaired) electrons. The monoisotopic (exact) mass is 866 g/mol. The van der Waals surface area contributed by atoms with Crippen molar-refractivity contribution in [2.24, 2.45) is 0 Å². The van der Waals surface area contributed by atoms with Gasteiger partial charge < -0.3 is 0 Å². The second kappa shape index (κ2) is 15.2. The lowest BCUT2D eigenvalue weighted by molar-refractivity contribution is 0.661. The van der Waals surface area contributed by atoms with Gasteiger partial charge in [0.1, 0.15) is 0 Å². The van der Waals surface area contributed by atoms with Crippen LogP contribution < -0.4 is 0 Å². The van der Waals surface area contributed by atoms with Gasteiger partial charge in [-0.15, -0.1) is 0 Å². The van der Waals surface area contributed by atoms with Gasteiger partial charge in [0.05, 0.1) is 0 Å². The average Bonchev–Trinajstić information content (AvgIpc) is 3.75. The van der Waals surface area contributed by atoms with E-state index < -0.39 is 0 Å². The Morgan fingerprint density at radius 1 is 0.206 bits per heavy atom. The van der Waals surface area contributed by atoms with E-state index in [9.17, 15) is 0 Å². The Balaban J connectivity index is 1.24. The molecular weight excluding hydrogens is 817 g/mol. The molecule has 2 aliphatic rings. The summed E-state index contributed by atoms with van der Waals surface area (Å²) in [5, 5.41) is 5.08. The molecule has 0 spiro atoms. The van der Waals surface area contributed by atoms with Crippen molar-refractivity contribution in [2.45, 2.75) is 38.5 Å². The van der Waals surface area contributed by atoms with Gasteiger partial charge in [0, 0.05) is 10.8 Å². The van der Waals surface area contributed by atoms with Crippen molar-refractivity contribution in [3.63, 3.8) is 0 Å². The van der Waals surface area contributed by atoms with Gasteiger partial charge >= 0.3 is 0 Å². The third-order valence-electron chi connectivity index (χ3n) is 15.4. The van der Waals surface area contributed by atoms with Crippen LogP contribution in [-0.2, 0) is 10.8 Å². The van der Waals surface area contributed by atoms with Crippen molar-refractivity contribution in [3.8, 4) is 89.0 Å². The zero-order valence-corrected chi connectivity index (χ0v) is 38.9. The fourth-order valence-corrected chi connectivity index (χ4v) is 12.0. The topological polar surface area (TPSA) is 0 Å². The summed E-state index contributed by atoms with van der Waals surface area (Å²) in [5.41, 5.74) is 25.0. The second-order valence-electron chi connectivity index (χ2n) is 20.0. The van der Waals surface area contributed by atoms with Gasteiger partial charge in [0.15, 0.2) is 0 Å². The molecular formula is C68H50. The molecule has 0 saturated heterocycles. The van der Waals surface area contributed by atoms with Crippen molar-refractivity contribution in [1.29, 1.82) is 0 Å².